The normalized spacial score (nSPS) is 12.8. The first-order chi connectivity index (χ1) is 7.58. The van der Waals surface area contributed by atoms with Crippen molar-refractivity contribution < 1.29 is 0 Å². The maximum absolute atomic E-state index is 5.87. The highest BCUT2D eigenvalue weighted by Crippen LogP contribution is 2.31. The van der Waals surface area contributed by atoms with Crippen molar-refractivity contribution in [3.63, 3.8) is 0 Å². The molecule has 0 saturated carbocycles. The van der Waals surface area contributed by atoms with Gasteiger partial charge in [-0.2, -0.15) is 0 Å². The quantitative estimate of drug-likeness (QED) is 0.829. The van der Waals surface area contributed by atoms with E-state index in [0.717, 1.165) is 0 Å². The van der Waals surface area contributed by atoms with E-state index in [1.165, 1.54) is 26.4 Å². The Morgan fingerprint density at radius 1 is 1.06 bits per heavy atom. The summed E-state index contributed by atoms with van der Waals surface area (Å²) in [6.45, 7) is 6.32. The van der Waals surface area contributed by atoms with Crippen LogP contribution >= 0.6 is 11.3 Å². The summed E-state index contributed by atoms with van der Waals surface area (Å²) in [6, 6.07) is 11.0. The molecule has 0 spiro atoms. The molecule has 2 heteroatoms. The smallest absolute Gasteiger partial charge is 0.0361 e. The van der Waals surface area contributed by atoms with Crippen molar-refractivity contribution in [3.8, 4) is 10.4 Å². The van der Waals surface area contributed by atoms with Crippen LogP contribution < -0.4 is 5.73 Å². The molecule has 1 aromatic heterocycles. The Morgan fingerprint density at radius 2 is 1.81 bits per heavy atom. The fourth-order valence-electron chi connectivity index (χ4n) is 1.65. The SMILES string of the molecule is Cc1ccc(-c2ccc(C(C)N)s2)cc1C. The van der Waals surface area contributed by atoms with Crippen molar-refractivity contribution in [1.82, 2.24) is 0 Å². The monoisotopic (exact) mass is 231 g/mol. The summed E-state index contributed by atoms with van der Waals surface area (Å²) in [6.07, 6.45) is 0. The molecule has 1 aromatic carbocycles. The molecule has 0 saturated heterocycles. The van der Waals surface area contributed by atoms with Gasteiger partial charge in [0.1, 0.15) is 0 Å². The zero-order chi connectivity index (χ0) is 11.7. The van der Waals surface area contributed by atoms with E-state index in [9.17, 15) is 0 Å². The van der Waals surface area contributed by atoms with E-state index in [-0.39, 0.29) is 6.04 Å². The van der Waals surface area contributed by atoms with Crippen LogP contribution in [0, 0.1) is 13.8 Å². The Bertz CT molecular complexity index is 497. The molecule has 0 bridgehead atoms. The lowest BCUT2D eigenvalue weighted by atomic mass is 10.1. The van der Waals surface area contributed by atoms with Gasteiger partial charge in [-0.05, 0) is 49.6 Å². The van der Waals surface area contributed by atoms with Crippen LogP contribution in [0.5, 0.6) is 0 Å². The van der Waals surface area contributed by atoms with Gasteiger partial charge < -0.3 is 5.73 Å². The molecule has 0 radical (unpaired) electrons. The number of aryl methyl sites for hydroxylation is 2. The topological polar surface area (TPSA) is 26.0 Å². The summed E-state index contributed by atoms with van der Waals surface area (Å²) >= 11 is 1.78. The number of thiophene rings is 1. The van der Waals surface area contributed by atoms with E-state index < -0.39 is 0 Å². The number of hydrogen-bond donors (Lipinski definition) is 1. The van der Waals surface area contributed by atoms with Gasteiger partial charge in [0, 0.05) is 15.8 Å². The lowest BCUT2D eigenvalue weighted by Crippen LogP contribution is -2.01. The summed E-state index contributed by atoms with van der Waals surface area (Å²) in [5, 5.41) is 0. The summed E-state index contributed by atoms with van der Waals surface area (Å²) in [7, 11) is 0. The summed E-state index contributed by atoms with van der Waals surface area (Å²) < 4.78 is 0. The van der Waals surface area contributed by atoms with Crippen molar-refractivity contribution in [1.29, 1.82) is 0 Å². The molecule has 0 aliphatic carbocycles. The average Bonchev–Trinajstić information content (AvgIpc) is 2.71. The highest BCUT2D eigenvalue weighted by Gasteiger charge is 2.06. The van der Waals surface area contributed by atoms with Gasteiger partial charge in [0.25, 0.3) is 0 Å². The number of rotatable bonds is 2. The standard InChI is InChI=1S/C14H17NS/c1-9-4-5-12(8-10(9)2)14-7-6-13(16-14)11(3)15/h4-8,11H,15H2,1-3H3. The first kappa shape index (κ1) is 11.4. The Hall–Kier alpha value is -1.12. The highest BCUT2D eigenvalue weighted by atomic mass is 32.1. The van der Waals surface area contributed by atoms with E-state index in [0.29, 0.717) is 0 Å². The highest BCUT2D eigenvalue weighted by molar-refractivity contribution is 7.15. The maximum atomic E-state index is 5.87. The molecule has 84 valence electrons. The fourth-order valence-corrected chi connectivity index (χ4v) is 2.60. The van der Waals surface area contributed by atoms with Crippen LogP contribution in [-0.4, -0.2) is 0 Å². The molecule has 2 rings (SSSR count). The van der Waals surface area contributed by atoms with Gasteiger partial charge in [-0.1, -0.05) is 18.2 Å². The third kappa shape index (κ3) is 2.18. The van der Waals surface area contributed by atoms with Crippen LogP contribution in [0.2, 0.25) is 0 Å². The van der Waals surface area contributed by atoms with Gasteiger partial charge in [-0.25, -0.2) is 0 Å². The first-order valence-corrected chi connectivity index (χ1v) is 6.32. The van der Waals surface area contributed by atoms with Crippen LogP contribution in [0.15, 0.2) is 30.3 Å². The second-order valence-electron chi connectivity index (χ2n) is 4.29. The van der Waals surface area contributed by atoms with Crippen molar-refractivity contribution in [2.24, 2.45) is 5.73 Å². The van der Waals surface area contributed by atoms with Gasteiger partial charge in [-0.15, -0.1) is 11.3 Å². The Morgan fingerprint density at radius 3 is 2.38 bits per heavy atom. The fraction of sp³-hybridized carbons (Fsp3) is 0.286. The van der Waals surface area contributed by atoms with E-state index in [1.54, 1.807) is 11.3 Å². The Balaban J connectivity index is 2.39. The maximum Gasteiger partial charge on any atom is 0.0361 e. The molecule has 1 nitrogen and oxygen atoms in total. The molecule has 1 atom stereocenters. The van der Waals surface area contributed by atoms with Crippen LogP contribution in [0.3, 0.4) is 0 Å². The van der Waals surface area contributed by atoms with Gasteiger partial charge >= 0.3 is 0 Å². The number of benzene rings is 1. The molecule has 0 aliphatic heterocycles. The molecular weight excluding hydrogens is 214 g/mol. The third-order valence-electron chi connectivity index (χ3n) is 2.87. The Kier molecular flexibility index (Phi) is 3.13. The summed E-state index contributed by atoms with van der Waals surface area (Å²) in [5.41, 5.74) is 9.84. The van der Waals surface area contributed by atoms with Gasteiger partial charge in [0.15, 0.2) is 0 Å². The first-order valence-electron chi connectivity index (χ1n) is 5.51. The van der Waals surface area contributed by atoms with E-state index in [1.807, 2.05) is 6.92 Å². The molecule has 16 heavy (non-hydrogen) atoms. The molecule has 0 fully saturated rings. The number of nitrogens with two attached hydrogens (primary N) is 1. The summed E-state index contributed by atoms with van der Waals surface area (Å²) in [5.74, 6) is 0. The molecule has 0 amide bonds. The predicted molar refractivity (Wildman–Crippen MR) is 71.8 cm³/mol. The van der Waals surface area contributed by atoms with Crippen molar-refractivity contribution >= 4 is 11.3 Å². The van der Waals surface area contributed by atoms with Crippen LogP contribution in [0.1, 0.15) is 29.0 Å². The zero-order valence-electron chi connectivity index (χ0n) is 9.95. The van der Waals surface area contributed by atoms with Gasteiger partial charge in [0.05, 0.1) is 0 Å². The minimum absolute atomic E-state index is 0.130. The minimum atomic E-state index is 0.130. The molecule has 1 unspecified atom stereocenters. The minimum Gasteiger partial charge on any atom is -0.324 e. The summed E-state index contributed by atoms with van der Waals surface area (Å²) in [4.78, 5) is 2.55. The Labute approximate surface area is 101 Å². The second-order valence-corrected chi connectivity index (χ2v) is 5.41. The lowest BCUT2D eigenvalue weighted by Gasteiger charge is -2.03. The van der Waals surface area contributed by atoms with Crippen molar-refractivity contribution in [2.75, 3.05) is 0 Å². The zero-order valence-corrected chi connectivity index (χ0v) is 10.8. The molecule has 2 N–H and O–H groups in total. The number of hydrogen-bond acceptors (Lipinski definition) is 2. The predicted octanol–water partition coefficient (Wildman–Crippen LogP) is 4.05. The molecule has 2 aromatic rings. The molecule has 0 aliphatic rings. The van der Waals surface area contributed by atoms with Crippen LogP contribution in [-0.2, 0) is 0 Å². The third-order valence-corrected chi connectivity index (χ3v) is 4.20. The van der Waals surface area contributed by atoms with Crippen molar-refractivity contribution in [2.45, 2.75) is 26.8 Å². The van der Waals surface area contributed by atoms with Gasteiger partial charge in [-0.3, -0.25) is 0 Å². The van der Waals surface area contributed by atoms with E-state index >= 15 is 0 Å². The van der Waals surface area contributed by atoms with Crippen molar-refractivity contribution in [3.05, 3.63) is 46.3 Å². The van der Waals surface area contributed by atoms with Crippen LogP contribution in [0.4, 0.5) is 0 Å². The van der Waals surface area contributed by atoms with E-state index in [4.69, 9.17) is 5.73 Å². The van der Waals surface area contributed by atoms with E-state index in [2.05, 4.69) is 44.2 Å². The average molecular weight is 231 g/mol. The van der Waals surface area contributed by atoms with Crippen LogP contribution in [0.25, 0.3) is 10.4 Å². The van der Waals surface area contributed by atoms with Gasteiger partial charge in [0.2, 0.25) is 0 Å². The molecule has 1 heterocycles. The molecular formula is C14H17NS. The lowest BCUT2D eigenvalue weighted by molar-refractivity contribution is 0.838. The second kappa shape index (κ2) is 4.40. The largest absolute Gasteiger partial charge is 0.324 e.